The van der Waals surface area contributed by atoms with E-state index in [1.165, 1.54) is 0 Å². The largest absolute Gasteiger partial charge is 0.497 e. The Kier molecular flexibility index (Phi) is 5.70. The average molecular weight is 407 g/mol. The van der Waals surface area contributed by atoms with Crippen molar-refractivity contribution in [1.82, 2.24) is 10.2 Å². The zero-order valence-corrected chi connectivity index (χ0v) is 17.0. The number of hydrogen-bond acceptors (Lipinski definition) is 5. The highest BCUT2D eigenvalue weighted by Crippen LogP contribution is 2.35. The zero-order valence-electron chi connectivity index (χ0n) is 17.0. The molecule has 0 unspecified atom stereocenters. The normalized spacial score (nSPS) is 17.2. The van der Waals surface area contributed by atoms with Crippen LogP contribution < -0.4 is 10.1 Å². The van der Waals surface area contributed by atoms with Crippen LogP contribution in [-0.2, 0) is 16.2 Å². The number of rotatable bonds is 5. The van der Waals surface area contributed by atoms with E-state index in [1.54, 1.807) is 31.4 Å². The molecule has 2 aliphatic rings. The van der Waals surface area contributed by atoms with Crippen LogP contribution in [-0.4, -0.2) is 48.2 Å². The number of nitrogens with zero attached hydrogens (tertiary/aromatic N) is 2. The number of hydrogen-bond donors (Lipinski definition) is 1. The van der Waals surface area contributed by atoms with Gasteiger partial charge in [-0.25, -0.2) is 0 Å². The number of carbonyl (C=O) groups is 2. The van der Waals surface area contributed by atoms with Gasteiger partial charge < -0.3 is 19.8 Å². The minimum Gasteiger partial charge on any atom is -0.497 e. The van der Waals surface area contributed by atoms with Gasteiger partial charge in [-0.05, 0) is 29.8 Å². The molecular formula is C23H25N3O4. The van der Waals surface area contributed by atoms with Crippen LogP contribution in [0.25, 0.3) is 0 Å². The third-order valence-corrected chi connectivity index (χ3v) is 5.70. The molecule has 0 aliphatic carbocycles. The third-order valence-electron chi connectivity index (χ3n) is 5.70. The molecule has 1 fully saturated rings. The first-order valence-electron chi connectivity index (χ1n) is 10.1. The summed E-state index contributed by atoms with van der Waals surface area (Å²) in [6, 6.07) is 16.9. The number of piperidine rings is 1. The number of likely N-dealkylation sites (tertiary alicyclic amines) is 1. The maximum absolute atomic E-state index is 12.7. The van der Waals surface area contributed by atoms with Crippen LogP contribution in [0.2, 0.25) is 0 Å². The van der Waals surface area contributed by atoms with Crippen LogP contribution in [0.5, 0.6) is 5.75 Å². The second-order valence-corrected chi connectivity index (χ2v) is 7.68. The molecule has 0 radical (unpaired) electrons. The monoisotopic (exact) mass is 407 g/mol. The summed E-state index contributed by atoms with van der Waals surface area (Å²) in [5, 5.41) is 6.96. The molecule has 7 nitrogen and oxygen atoms in total. The molecule has 30 heavy (non-hydrogen) atoms. The molecule has 7 heteroatoms. The molecule has 0 saturated carbocycles. The van der Waals surface area contributed by atoms with E-state index < -0.39 is 5.60 Å². The van der Waals surface area contributed by atoms with E-state index in [9.17, 15) is 9.59 Å². The van der Waals surface area contributed by atoms with Crippen molar-refractivity contribution in [1.29, 1.82) is 0 Å². The van der Waals surface area contributed by atoms with Gasteiger partial charge in [0.25, 0.3) is 11.8 Å². The van der Waals surface area contributed by atoms with Gasteiger partial charge in [-0.3, -0.25) is 9.59 Å². The lowest BCUT2D eigenvalue weighted by atomic mass is 9.86. The predicted octanol–water partition coefficient (Wildman–Crippen LogP) is 2.76. The lowest BCUT2D eigenvalue weighted by Crippen LogP contribution is -2.47. The minimum atomic E-state index is -0.490. The molecule has 2 heterocycles. The SMILES string of the molecule is COc1ccc(C(=O)N2CCC3(CC2)CC(C(=O)NCc2ccccc2)=NO3)cc1. The first kappa shape index (κ1) is 19.9. The highest BCUT2D eigenvalue weighted by Gasteiger charge is 2.44. The summed E-state index contributed by atoms with van der Waals surface area (Å²) in [4.78, 5) is 32.7. The van der Waals surface area contributed by atoms with Crippen LogP contribution >= 0.6 is 0 Å². The number of oxime groups is 1. The van der Waals surface area contributed by atoms with Crippen molar-refractivity contribution >= 4 is 17.5 Å². The van der Waals surface area contributed by atoms with Gasteiger partial charge in [-0.15, -0.1) is 0 Å². The molecule has 1 spiro atoms. The van der Waals surface area contributed by atoms with E-state index in [0.717, 1.165) is 11.3 Å². The second-order valence-electron chi connectivity index (χ2n) is 7.68. The molecule has 2 aromatic carbocycles. The van der Waals surface area contributed by atoms with E-state index in [0.29, 0.717) is 50.2 Å². The van der Waals surface area contributed by atoms with Crippen LogP contribution in [0, 0.1) is 0 Å². The Hall–Kier alpha value is -3.35. The fraction of sp³-hybridized carbons (Fsp3) is 0.348. The van der Waals surface area contributed by atoms with Gasteiger partial charge in [0.1, 0.15) is 17.1 Å². The Bertz CT molecular complexity index is 933. The molecule has 0 aromatic heterocycles. The van der Waals surface area contributed by atoms with Gasteiger partial charge in [0.15, 0.2) is 0 Å². The number of carbonyl (C=O) groups excluding carboxylic acids is 2. The van der Waals surface area contributed by atoms with Crippen molar-refractivity contribution in [3.8, 4) is 5.75 Å². The fourth-order valence-corrected chi connectivity index (χ4v) is 3.83. The van der Waals surface area contributed by atoms with Crippen LogP contribution in [0.15, 0.2) is 59.8 Å². The molecule has 2 aromatic rings. The van der Waals surface area contributed by atoms with Crippen molar-refractivity contribution in [3.63, 3.8) is 0 Å². The standard InChI is InChI=1S/C23H25N3O4/c1-29-19-9-7-18(8-10-19)22(28)26-13-11-23(12-14-26)15-20(25-30-23)21(27)24-16-17-5-3-2-4-6-17/h2-10H,11-16H2,1H3,(H,24,27). The first-order chi connectivity index (χ1) is 14.6. The second kappa shape index (κ2) is 8.57. The summed E-state index contributed by atoms with van der Waals surface area (Å²) < 4.78 is 5.14. The maximum Gasteiger partial charge on any atom is 0.269 e. The molecule has 2 amide bonds. The van der Waals surface area contributed by atoms with Gasteiger partial charge in [0, 0.05) is 44.5 Å². The Morgan fingerprint density at radius 2 is 1.80 bits per heavy atom. The summed E-state index contributed by atoms with van der Waals surface area (Å²) in [6.07, 6.45) is 1.76. The quantitative estimate of drug-likeness (QED) is 0.827. The molecule has 4 rings (SSSR count). The molecule has 1 N–H and O–H groups in total. The molecule has 2 aliphatic heterocycles. The number of methoxy groups -OCH3 is 1. The van der Waals surface area contributed by atoms with E-state index >= 15 is 0 Å². The Morgan fingerprint density at radius 3 is 2.47 bits per heavy atom. The van der Waals surface area contributed by atoms with Crippen molar-refractivity contribution in [3.05, 3.63) is 65.7 Å². The van der Waals surface area contributed by atoms with Crippen LogP contribution in [0.4, 0.5) is 0 Å². The highest BCUT2D eigenvalue weighted by atomic mass is 16.7. The predicted molar refractivity (Wildman–Crippen MR) is 112 cm³/mol. The zero-order chi connectivity index (χ0) is 21.0. The summed E-state index contributed by atoms with van der Waals surface area (Å²) in [5.74, 6) is 0.512. The van der Waals surface area contributed by atoms with Crippen molar-refractivity contribution in [2.24, 2.45) is 5.16 Å². The Morgan fingerprint density at radius 1 is 1.10 bits per heavy atom. The number of amides is 2. The van der Waals surface area contributed by atoms with E-state index in [1.807, 2.05) is 35.2 Å². The molecular weight excluding hydrogens is 382 g/mol. The smallest absolute Gasteiger partial charge is 0.269 e. The first-order valence-corrected chi connectivity index (χ1v) is 10.1. The van der Waals surface area contributed by atoms with Crippen molar-refractivity contribution in [2.45, 2.75) is 31.4 Å². The summed E-state index contributed by atoms with van der Waals surface area (Å²) in [6.45, 7) is 1.59. The lowest BCUT2D eigenvalue weighted by molar-refractivity contribution is -0.115. The highest BCUT2D eigenvalue weighted by molar-refractivity contribution is 6.39. The topological polar surface area (TPSA) is 80.2 Å². The summed E-state index contributed by atoms with van der Waals surface area (Å²) >= 11 is 0. The van der Waals surface area contributed by atoms with Gasteiger partial charge >= 0.3 is 0 Å². The fourth-order valence-electron chi connectivity index (χ4n) is 3.83. The average Bonchev–Trinajstić information content (AvgIpc) is 3.22. The van der Waals surface area contributed by atoms with Gasteiger partial charge in [0.05, 0.1) is 7.11 Å². The minimum absolute atomic E-state index is 0.00718. The number of ether oxygens (including phenoxy) is 1. The van der Waals surface area contributed by atoms with Gasteiger partial charge in [-0.2, -0.15) is 0 Å². The molecule has 156 valence electrons. The van der Waals surface area contributed by atoms with Gasteiger partial charge in [0.2, 0.25) is 0 Å². The molecule has 0 atom stereocenters. The van der Waals surface area contributed by atoms with E-state index in [4.69, 9.17) is 9.57 Å². The number of nitrogens with one attached hydrogen (secondary N) is 1. The Balaban J connectivity index is 1.28. The van der Waals surface area contributed by atoms with E-state index in [-0.39, 0.29) is 11.8 Å². The third kappa shape index (κ3) is 4.30. The maximum atomic E-state index is 12.7. The summed E-state index contributed by atoms with van der Waals surface area (Å²) in [5.41, 5.74) is 1.60. The van der Waals surface area contributed by atoms with E-state index in [2.05, 4.69) is 10.5 Å². The van der Waals surface area contributed by atoms with Gasteiger partial charge in [-0.1, -0.05) is 35.5 Å². The van der Waals surface area contributed by atoms with Crippen molar-refractivity contribution < 1.29 is 19.2 Å². The number of benzene rings is 2. The lowest BCUT2D eigenvalue weighted by Gasteiger charge is -2.37. The van der Waals surface area contributed by atoms with Crippen molar-refractivity contribution in [2.75, 3.05) is 20.2 Å². The van der Waals surface area contributed by atoms with Crippen LogP contribution in [0.3, 0.4) is 0 Å². The van der Waals surface area contributed by atoms with Crippen LogP contribution in [0.1, 0.15) is 35.2 Å². The summed E-state index contributed by atoms with van der Waals surface area (Å²) in [7, 11) is 1.60. The molecule has 0 bridgehead atoms. The molecule has 1 saturated heterocycles. The Labute approximate surface area is 175 Å².